The zero-order valence-electron chi connectivity index (χ0n) is 10.3. The maximum absolute atomic E-state index is 11.9. The van der Waals surface area contributed by atoms with E-state index in [2.05, 4.69) is 48.8 Å². The monoisotopic (exact) mass is 282 g/mol. The number of rotatable bonds is 5. The molecule has 0 aliphatic carbocycles. The van der Waals surface area contributed by atoms with Crippen LogP contribution in [0.4, 0.5) is 0 Å². The summed E-state index contributed by atoms with van der Waals surface area (Å²) in [6.45, 7) is 6.37. The van der Waals surface area contributed by atoms with Gasteiger partial charge in [-0.05, 0) is 36.0 Å². The largest absolute Gasteiger partial charge is 0.293 e. The fourth-order valence-corrected chi connectivity index (χ4v) is 2.31. The predicted molar refractivity (Wildman–Crippen MR) is 72.7 cm³/mol. The van der Waals surface area contributed by atoms with Crippen LogP contribution in [0.1, 0.15) is 47.8 Å². The predicted octanol–water partition coefficient (Wildman–Crippen LogP) is 3.95. The van der Waals surface area contributed by atoms with Crippen molar-refractivity contribution in [3.05, 3.63) is 34.4 Å². The molecule has 0 amide bonds. The summed E-state index contributed by atoms with van der Waals surface area (Å²) in [7, 11) is 0. The van der Waals surface area contributed by atoms with E-state index in [1.54, 1.807) is 0 Å². The van der Waals surface area contributed by atoms with Gasteiger partial charge in [-0.1, -0.05) is 48.8 Å². The summed E-state index contributed by atoms with van der Waals surface area (Å²) in [6, 6.07) is 4.35. The van der Waals surface area contributed by atoms with Gasteiger partial charge in [0.2, 0.25) is 0 Å². The number of benzene rings is 1. The van der Waals surface area contributed by atoms with E-state index in [1.165, 1.54) is 16.7 Å². The minimum atomic E-state index is 0.205. The summed E-state index contributed by atoms with van der Waals surface area (Å²) >= 11 is 3.26. The fourth-order valence-electron chi connectivity index (χ4n) is 2.03. The Bertz CT molecular complexity index is 357. The molecule has 0 aliphatic heterocycles. The first-order valence-corrected chi connectivity index (χ1v) is 7.03. The molecule has 0 bridgehead atoms. The number of ketones is 1. The van der Waals surface area contributed by atoms with Gasteiger partial charge in [0, 0.05) is 5.56 Å². The molecule has 1 aromatic rings. The van der Waals surface area contributed by atoms with Crippen molar-refractivity contribution in [1.29, 1.82) is 0 Å². The standard InChI is InChI=1S/C14H19BrO/c1-4-10-7-11(5-2)14(13(16)9-15)12(6-3)8-10/h7-8H,4-6,9H2,1-3H3. The lowest BCUT2D eigenvalue weighted by Crippen LogP contribution is -2.09. The third kappa shape index (κ3) is 2.73. The van der Waals surface area contributed by atoms with Crippen LogP contribution in [0.15, 0.2) is 12.1 Å². The summed E-state index contributed by atoms with van der Waals surface area (Å²) < 4.78 is 0. The van der Waals surface area contributed by atoms with Crippen LogP contribution in [0.3, 0.4) is 0 Å². The quantitative estimate of drug-likeness (QED) is 0.590. The van der Waals surface area contributed by atoms with E-state index in [0.717, 1.165) is 24.8 Å². The SMILES string of the molecule is CCc1cc(CC)c(C(=O)CBr)c(CC)c1. The van der Waals surface area contributed by atoms with E-state index in [0.29, 0.717) is 5.33 Å². The van der Waals surface area contributed by atoms with Gasteiger partial charge in [0.15, 0.2) is 5.78 Å². The van der Waals surface area contributed by atoms with Crippen LogP contribution < -0.4 is 0 Å². The van der Waals surface area contributed by atoms with Gasteiger partial charge in [0.25, 0.3) is 0 Å². The van der Waals surface area contributed by atoms with Gasteiger partial charge in [0.05, 0.1) is 5.33 Å². The van der Waals surface area contributed by atoms with Crippen LogP contribution in [0.5, 0.6) is 0 Å². The van der Waals surface area contributed by atoms with Gasteiger partial charge in [0.1, 0.15) is 0 Å². The van der Waals surface area contributed by atoms with Crippen molar-refractivity contribution in [3.63, 3.8) is 0 Å². The lowest BCUT2D eigenvalue weighted by atomic mass is 9.92. The van der Waals surface area contributed by atoms with Crippen LogP contribution in [-0.2, 0) is 19.3 Å². The van der Waals surface area contributed by atoms with E-state index < -0.39 is 0 Å². The van der Waals surface area contributed by atoms with Crippen LogP contribution in [0.25, 0.3) is 0 Å². The Kier molecular flexibility index (Phi) is 5.20. The molecule has 0 saturated heterocycles. The average molecular weight is 283 g/mol. The van der Waals surface area contributed by atoms with Crippen molar-refractivity contribution < 1.29 is 4.79 Å². The van der Waals surface area contributed by atoms with Gasteiger partial charge >= 0.3 is 0 Å². The van der Waals surface area contributed by atoms with Crippen LogP contribution >= 0.6 is 15.9 Å². The molecule has 1 aromatic carbocycles. The van der Waals surface area contributed by atoms with E-state index in [-0.39, 0.29) is 5.78 Å². The molecule has 88 valence electrons. The molecule has 0 fully saturated rings. The minimum Gasteiger partial charge on any atom is -0.293 e. The molecule has 16 heavy (non-hydrogen) atoms. The number of alkyl halides is 1. The maximum Gasteiger partial charge on any atom is 0.173 e. The molecular weight excluding hydrogens is 264 g/mol. The number of Topliss-reactive ketones (excluding diaryl/α,β-unsaturated/α-hetero) is 1. The molecule has 0 N–H and O–H groups in total. The molecule has 0 spiro atoms. The number of carbonyl (C=O) groups is 1. The summed E-state index contributed by atoms with van der Waals surface area (Å²) in [5.74, 6) is 0.205. The molecule has 0 saturated carbocycles. The van der Waals surface area contributed by atoms with Gasteiger partial charge in [-0.15, -0.1) is 0 Å². The van der Waals surface area contributed by atoms with Crippen LogP contribution in [0.2, 0.25) is 0 Å². The molecule has 1 rings (SSSR count). The summed E-state index contributed by atoms with van der Waals surface area (Å²) in [5, 5.41) is 0.415. The molecule has 0 aliphatic rings. The van der Waals surface area contributed by atoms with Gasteiger partial charge in [-0.2, -0.15) is 0 Å². The normalized spacial score (nSPS) is 10.5. The lowest BCUT2D eigenvalue weighted by molar-refractivity contribution is 0.102. The Labute approximate surface area is 106 Å². The second-order valence-electron chi connectivity index (χ2n) is 3.91. The second kappa shape index (κ2) is 6.19. The minimum absolute atomic E-state index is 0.205. The number of hydrogen-bond donors (Lipinski definition) is 0. The van der Waals surface area contributed by atoms with Crippen LogP contribution in [-0.4, -0.2) is 11.1 Å². The number of carbonyl (C=O) groups excluding carboxylic acids is 1. The molecule has 0 aromatic heterocycles. The molecule has 1 nitrogen and oxygen atoms in total. The topological polar surface area (TPSA) is 17.1 Å². The smallest absolute Gasteiger partial charge is 0.173 e. The Balaban J connectivity index is 3.37. The number of halogens is 1. The molecular formula is C14H19BrO. The summed E-state index contributed by atoms with van der Waals surface area (Å²) in [6.07, 6.45) is 2.88. The highest BCUT2D eigenvalue weighted by molar-refractivity contribution is 9.09. The highest BCUT2D eigenvalue weighted by Crippen LogP contribution is 2.21. The van der Waals surface area contributed by atoms with Gasteiger partial charge < -0.3 is 0 Å². The van der Waals surface area contributed by atoms with Crippen molar-refractivity contribution in [1.82, 2.24) is 0 Å². The Morgan fingerprint density at radius 3 is 1.88 bits per heavy atom. The van der Waals surface area contributed by atoms with Crippen molar-refractivity contribution >= 4 is 21.7 Å². The van der Waals surface area contributed by atoms with Crippen molar-refractivity contribution in [2.45, 2.75) is 40.0 Å². The maximum atomic E-state index is 11.9. The van der Waals surface area contributed by atoms with Crippen molar-refractivity contribution in [2.24, 2.45) is 0 Å². The molecule has 0 unspecified atom stereocenters. The highest BCUT2D eigenvalue weighted by Gasteiger charge is 2.14. The van der Waals surface area contributed by atoms with Crippen molar-refractivity contribution in [3.8, 4) is 0 Å². The zero-order valence-corrected chi connectivity index (χ0v) is 11.9. The lowest BCUT2D eigenvalue weighted by Gasteiger charge is -2.13. The Morgan fingerprint density at radius 1 is 1.06 bits per heavy atom. The Morgan fingerprint density at radius 2 is 1.56 bits per heavy atom. The Hall–Kier alpha value is -0.630. The summed E-state index contributed by atoms with van der Waals surface area (Å²) in [4.78, 5) is 11.9. The first-order chi connectivity index (χ1) is 7.67. The molecule has 2 heteroatoms. The fraction of sp³-hybridized carbons (Fsp3) is 0.500. The average Bonchev–Trinajstić information content (AvgIpc) is 2.35. The third-order valence-corrected chi connectivity index (χ3v) is 3.44. The first-order valence-electron chi connectivity index (χ1n) is 5.91. The molecule has 0 atom stereocenters. The van der Waals surface area contributed by atoms with Crippen LogP contribution in [0, 0.1) is 0 Å². The second-order valence-corrected chi connectivity index (χ2v) is 4.47. The van der Waals surface area contributed by atoms with E-state index in [1.807, 2.05) is 0 Å². The van der Waals surface area contributed by atoms with Crippen molar-refractivity contribution in [2.75, 3.05) is 5.33 Å². The number of aryl methyl sites for hydroxylation is 3. The van der Waals surface area contributed by atoms with Gasteiger partial charge in [-0.3, -0.25) is 4.79 Å². The number of hydrogen-bond acceptors (Lipinski definition) is 1. The summed E-state index contributed by atoms with van der Waals surface area (Å²) in [5.41, 5.74) is 4.67. The van der Waals surface area contributed by atoms with E-state index in [4.69, 9.17) is 0 Å². The van der Waals surface area contributed by atoms with Gasteiger partial charge in [-0.25, -0.2) is 0 Å². The van der Waals surface area contributed by atoms with E-state index in [9.17, 15) is 4.79 Å². The first kappa shape index (κ1) is 13.4. The molecule has 0 heterocycles. The molecule has 0 radical (unpaired) electrons. The van der Waals surface area contributed by atoms with E-state index >= 15 is 0 Å². The third-order valence-electron chi connectivity index (χ3n) is 2.93. The highest BCUT2D eigenvalue weighted by atomic mass is 79.9. The zero-order chi connectivity index (χ0) is 12.1.